The first-order valence-corrected chi connectivity index (χ1v) is 33.8. The van der Waals surface area contributed by atoms with Crippen LogP contribution in [0.1, 0.15) is 297 Å². The lowest BCUT2D eigenvalue weighted by atomic mass is 10.1. The summed E-state index contributed by atoms with van der Waals surface area (Å²) in [5, 5.41) is 0. The van der Waals surface area contributed by atoms with Crippen LogP contribution in [0.25, 0.3) is 0 Å². The number of allylic oxidation sites excluding steroid dienone is 24. The Bertz CT molecular complexity index is 1780. The van der Waals surface area contributed by atoms with E-state index in [1.165, 1.54) is 83.5 Å². The molecule has 6 nitrogen and oxygen atoms in total. The molecule has 0 fully saturated rings. The van der Waals surface area contributed by atoms with E-state index in [9.17, 15) is 14.4 Å². The first-order valence-electron chi connectivity index (χ1n) is 33.8. The minimum absolute atomic E-state index is 0.102. The summed E-state index contributed by atoms with van der Waals surface area (Å²) in [7, 11) is 0. The fourth-order valence-corrected chi connectivity index (χ4v) is 8.99. The molecule has 464 valence electrons. The van der Waals surface area contributed by atoms with Gasteiger partial charge in [-0.3, -0.25) is 14.4 Å². The number of esters is 3. The highest BCUT2D eigenvalue weighted by Crippen LogP contribution is 2.14. The van der Waals surface area contributed by atoms with Gasteiger partial charge in [-0.2, -0.15) is 0 Å². The molecule has 0 heterocycles. The Labute approximate surface area is 506 Å². The average molecular weight is 1130 g/mol. The van der Waals surface area contributed by atoms with E-state index in [4.69, 9.17) is 14.2 Å². The fraction of sp³-hybridized carbons (Fsp3) is 0.645. The van der Waals surface area contributed by atoms with Crippen molar-refractivity contribution in [3.8, 4) is 0 Å². The molecule has 82 heavy (non-hydrogen) atoms. The highest BCUT2D eigenvalue weighted by Gasteiger charge is 2.19. The number of carbonyl (C=O) groups is 3. The van der Waals surface area contributed by atoms with Gasteiger partial charge in [0.25, 0.3) is 0 Å². The van der Waals surface area contributed by atoms with Crippen LogP contribution in [-0.4, -0.2) is 37.2 Å². The monoisotopic (exact) mass is 1130 g/mol. The molecular formula is C76H124O6. The topological polar surface area (TPSA) is 78.9 Å². The molecule has 0 aromatic rings. The molecule has 0 amide bonds. The maximum Gasteiger partial charge on any atom is 0.306 e. The van der Waals surface area contributed by atoms with Gasteiger partial charge in [-0.15, -0.1) is 0 Å². The second kappa shape index (κ2) is 68.8. The van der Waals surface area contributed by atoms with Crippen molar-refractivity contribution in [1.29, 1.82) is 0 Å². The van der Waals surface area contributed by atoms with Crippen LogP contribution in [-0.2, 0) is 28.6 Å². The van der Waals surface area contributed by atoms with Gasteiger partial charge in [0.1, 0.15) is 13.2 Å². The van der Waals surface area contributed by atoms with E-state index in [-0.39, 0.29) is 31.1 Å². The lowest BCUT2D eigenvalue weighted by Gasteiger charge is -2.18. The summed E-state index contributed by atoms with van der Waals surface area (Å²) >= 11 is 0. The Balaban J connectivity index is 4.47. The summed E-state index contributed by atoms with van der Waals surface area (Å²) in [5.41, 5.74) is 0. The van der Waals surface area contributed by atoms with Gasteiger partial charge in [-0.05, 0) is 148 Å². The van der Waals surface area contributed by atoms with Crippen LogP contribution in [0.3, 0.4) is 0 Å². The molecule has 0 aliphatic carbocycles. The summed E-state index contributed by atoms with van der Waals surface area (Å²) in [4.78, 5) is 38.4. The fourth-order valence-electron chi connectivity index (χ4n) is 8.99. The standard InChI is InChI=1S/C76H124O6/c1-4-7-10-13-16-19-22-25-28-31-33-35-36-37-38-39-40-42-43-45-48-51-54-57-60-63-66-69-75(78)81-72-73(71-80-74(77)68-65-62-59-56-53-50-47-30-27-24-21-18-15-12-9-6-3)82-76(79)70-67-64-61-58-55-52-49-46-44-41-34-32-29-26-23-20-17-14-11-8-5-2/h7,10,16,19,21,23-26,28,30,32-35,37-38,40,42,44-48,73H,4-6,8-9,11-15,17-18,20,22,27,29,31,36,39,41,43,49-72H2,1-3H3/b10-7-,19-16-,24-21-,26-23-,28-25-,34-32-,35-33-,38-37-,42-40-,46-44-,47-30-,48-45-. The maximum absolute atomic E-state index is 12.9. The predicted octanol–water partition coefficient (Wildman–Crippen LogP) is 23.5. The average Bonchev–Trinajstić information content (AvgIpc) is 3.47. The van der Waals surface area contributed by atoms with Crippen LogP contribution in [0.4, 0.5) is 0 Å². The Morgan fingerprint density at radius 3 is 0.756 bits per heavy atom. The quantitative estimate of drug-likeness (QED) is 0.0261. The molecule has 0 radical (unpaired) electrons. The van der Waals surface area contributed by atoms with E-state index >= 15 is 0 Å². The van der Waals surface area contributed by atoms with Gasteiger partial charge in [0.05, 0.1) is 0 Å². The highest BCUT2D eigenvalue weighted by molar-refractivity contribution is 5.71. The third-order valence-electron chi connectivity index (χ3n) is 14.0. The molecule has 0 bridgehead atoms. The Morgan fingerprint density at radius 2 is 0.476 bits per heavy atom. The summed E-state index contributed by atoms with van der Waals surface area (Å²) in [6.45, 7) is 6.47. The van der Waals surface area contributed by atoms with E-state index < -0.39 is 6.10 Å². The van der Waals surface area contributed by atoms with Gasteiger partial charge in [0.2, 0.25) is 0 Å². The highest BCUT2D eigenvalue weighted by atomic mass is 16.6. The van der Waals surface area contributed by atoms with E-state index in [1.807, 2.05) is 0 Å². The first-order chi connectivity index (χ1) is 40.5. The molecule has 0 rings (SSSR count). The van der Waals surface area contributed by atoms with Crippen molar-refractivity contribution in [1.82, 2.24) is 0 Å². The summed E-state index contributed by atoms with van der Waals surface area (Å²) < 4.78 is 16.9. The second-order valence-corrected chi connectivity index (χ2v) is 22.0. The molecule has 0 saturated heterocycles. The smallest absolute Gasteiger partial charge is 0.306 e. The van der Waals surface area contributed by atoms with Crippen molar-refractivity contribution < 1.29 is 28.6 Å². The van der Waals surface area contributed by atoms with Crippen molar-refractivity contribution in [2.75, 3.05) is 13.2 Å². The number of unbranched alkanes of at least 4 members (excludes halogenated alkanes) is 25. The molecule has 1 atom stereocenters. The Morgan fingerprint density at radius 1 is 0.256 bits per heavy atom. The number of ether oxygens (including phenoxy) is 3. The molecule has 6 heteroatoms. The van der Waals surface area contributed by atoms with E-state index in [1.54, 1.807) is 0 Å². The molecule has 1 unspecified atom stereocenters. The minimum Gasteiger partial charge on any atom is -0.462 e. The van der Waals surface area contributed by atoms with Gasteiger partial charge in [0, 0.05) is 19.3 Å². The maximum atomic E-state index is 12.9. The third-order valence-corrected chi connectivity index (χ3v) is 14.0. The molecule has 0 aliphatic rings. The van der Waals surface area contributed by atoms with Gasteiger partial charge < -0.3 is 14.2 Å². The van der Waals surface area contributed by atoms with Crippen molar-refractivity contribution in [2.45, 2.75) is 303 Å². The first kappa shape index (κ1) is 77.3. The number of rotatable bonds is 60. The van der Waals surface area contributed by atoms with Gasteiger partial charge in [-0.25, -0.2) is 0 Å². The van der Waals surface area contributed by atoms with Crippen molar-refractivity contribution in [3.05, 3.63) is 146 Å². The zero-order valence-corrected chi connectivity index (χ0v) is 53.2. The van der Waals surface area contributed by atoms with Crippen molar-refractivity contribution >= 4 is 17.9 Å². The lowest BCUT2D eigenvalue weighted by Crippen LogP contribution is -2.30. The van der Waals surface area contributed by atoms with Gasteiger partial charge >= 0.3 is 17.9 Å². The molecule has 0 aromatic heterocycles. The number of carbonyl (C=O) groups excluding carboxylic acids is 3. The molecular weight excluding hydrogens is 1010 g/mol. The summed E-state index contributed by atoms with van der Waals surface area (Å²) in [6, 6.07) is 0. The second-order valence-electron chi connectivity index (χ2n) is 22.0. The number of hydrogen-bond acceptors (Lipinski definition) is 6. The van der Waals surface area contributed by atoms with Crippen LogP contribution >= 0.6 is 0 Å². The summed E-state index contributed by atoms with van der Waals surface area (Å²) in [5.74, 6) is -0.944. The minimum atomic E-state index is -0.808. The van der Waals surface area contributed by atoms with Crippen LogP contribution in [0.5, 0.6) is 0 Å². The van der Waals surface area contributed by atoms with Crippen LogP contribution < -0.4 is 0 Å². The predicted molar refractivity (Wildman–Crippen MR) is 357 cm³/mol. The van der Waals surface area contributed by atoms with Crippen LogP contribution in [0.2, 0.25) is 0 Å². The van der Waals surface area contributed by atoms with E-state index in [0.29, 0.717) is 19.3 Å². The molecule has 0 N–H and O–H groups in total. The van der Waals surface area contributed by atoms with Gasteiger partial charge in [-0.1, -0.05) is 276 Å². The third kappa shape index (κ3) is 66.1. The van der Waals surface area contributed by atoms with Crippen molar-refractivity contribution in [3.63, 3.8) is 0 Å². The van der Waals surface area contributed by atoms with Crippen LogP contribution in [0, 0.1) is 0 Å². The zero-order chi connectivity index (χ0) is 59.2. The SMILES string of the molecule is CC/C=C\C/C=C\C/C=C\C/C=C\C/C=C\C/C=C\C/C=C\CCCCCCCC(=O)OCC(COC(=O)CCCCCCC/C=C\C/C=C\CCCCCC)OC(=O)CCCCCCCC/C=C\C/C=C\C/C=C\CCCCCCC. The number of hydrogen-bond donors (Lipinski definition) is 0. The van der Waals surface area contributed by atoms with E-state index in [0.717, 1.165) is 173 Å². The van der Waals surface area contributed by atoms with Crippen LogP contribution in [0.15, 0.2) is 146 Å². The normalized spacial score (nSPS) is 13.1. The lowest BCUT2D eigenvalue weighted by molar-refractivity contribution is -0.167. The summed E-state index contributed by atoms with van der Waals surface area (Å²) in [6.07, 6.45) is 98.5. The zero-order valence-electron chi connectivity index (χ0n) is 53.2. The van der Waals surface area contributed by atoms with E-state index in [2.05, 4.69) is 167 Å². The molecule has 0 saturated carbocycles. The van der Waals surface area contributed by atoms with Crippen molar-refractivity contribution in [2.24, 2.45) is 0 Å². The largest absolute Gasteiger partial charge is 0.462 e. The Kier molecular flexibility index (Phi) is 64.8. The molecule has 0 aliphatic heterocycles. The van der Waals surface area contributed by atoms with Gasteiger partial charge in [0.15, 0.2) is 6.10 Å². The molecule has 0 spiro atoms. The molecule has 0 aromatic carbocycles. The Hall–Kier alpha value is -4.71.